The molecule has 0 fully saturated rings. The monoisotopic (exact) mass is 372 g/mol. The van der Waals surface area contributed by atoms with Crippen molar-refractivity contribution in [3.8, 4) is 11.4 Å². The Morgan fingerprint density at radius 1 is 1.00 bits per heavy atom. The average Bonchev–Trinajstić information content (AvgIpc) is 2.73. The van der Waals surface area contributed by atoms with Crippen LogP contribution in [0.5, 0.6) is 0 Å². The van der Waals surface area contributed by atoms with Crippen molar-refractivity contribution in [3.05, 3.63) is 77.5 Å². The molecule has 0 saturated heterocycles. The second kappa shape index (κ2) is 7.80. The number of amides is 1. The summed E-state index contributed by atoms with van der Waals surface area (Å²) in [7, 11) is 0. The molecule has 4 rings (SSSR count). The Labute approximate surface area is 165 Å². The van der Waals surface area contributed by atoms with Gasteiger partial charge in [-0.2, -0.15) is 0 Å². The fourth-order valence-corrected chi connectivity index (χ4v) is 3.47. The van der Waals surface area contributed by atoms with Crippen molar-refractivity contribution in [2.24, 2.45) is 0 Å². The van der Waals surface area contributed by atoms with Crippen molar-refractivity contribution in [3.63, 3.8) is 0 Å². The summed E-state index contributed by atoms with van der Waals surface area (Å²) in [6.45, 7) is 5.42. The molecule has 28 heavy (non-hydrogen) atoms. The summed E-state index contributed by atoms with van der Waals surface area (Å²) in [5.74, 6) is 1.18. The average molecular weight is 372 g/mol. The summed E-state index contributed by atoms with van der Waals surface area (Å²) < 4.78 is 0. The first-order valence-corrected chi connectivity index (χ1v) is 9.67. The lowest BCUT2D eigenvalue weighted by Gasteiger charge is -2.28. The van der Waals surface area contributed by atoms with Gasteiger partial charge in [-0.05, 0) is 31.4 Å². The molecule has 5 heteroatoms. The first-order valence-electron chi connectivity index (χ1n) is 9.67. The molecule has 2 aromatic carbocycles. The van der Waals surface area contributed by atoms with E-state index in [-0.39, 0.29) is 11.9 Å². The van der Waals surface area contributed by atoms with Gasteiger partial charge in [0, 0.05) is 30.8 Å². The number of hydrogen-bond donors (Lipinski definition) is 1. The van der Waals surface area contributed by atoms with Crippen molar-refractivity contribution in [2.45, 2.75) is 32.9 Å². The molecule has 0 saturated carbocycles. The topological polar surface area (TPSA) is 58.1 Å². The van der Waals surface area contributed by atoms with Crippen molar-refractivity contribution in [1.29, 1.82) is 0 Å². The van der Waals surface area contributed by atoms with Crippen LogP contribution in [0.3, 0.4) is 0 Å². The first kappa shape index (κ1) is 18.2. The van der Waals surface area contributed by atoms with Crippen molar-refractivity contribution in [1.82, 2.24) is 14.9 Å². The third kappa shape index (κ3) is 3.88. The van der Waals surface area contributed by atoms with Gasteiger partial charge in [0.05, 0.1) is 0 Å². The number of hydrogen-bond acceptors (Lipinski definition) is 4. The lowest BCUT2D eigenvalue weighted by Crippen LogP contribution is -2.36. The second-order valence-corrected chi connectivity index (χ2v) is 7.37. The van der Waals surface area contributed by atoms with Crippen LogP contribution in [0.2, 0.25) is 0 Å². The Balaban J connectivity index is 1.67. The van der Waals surface area contributed by atoms with Crippen LogP contribution >= 0.6 is 0 Å². The standard InChI is InChI=1S/C23H24N4O/c1-16(2)24-21-14-20(25-22(26-21)18-9-4-3-5-10-18)23(28)27-13-12-17-8-6-7-11-19(17)15-27/h3-11,14,16H,12-13,15H2,1-2H3,(H,24,25,26). The Kier molecular flexibility index (Phi) is 5.06. The summed E-state index contributed by atoms with van der Waals surface area (Å²) in [6.07, 6.45) is 0.871. The third-order valence-electron chi connectivity index (χ3n) is 4.83. The summed E-state index contributed by atoms with van der Waals surface area (Å²) in [5, 5.41) is 3.31. The van der Waals surface area contributed by atoms with Crippen LogP contribution in [0.4, 0.5) is 5.82 Å². The third-order valence-corrected chi connectivity index (χ3v) is 4.83. The van der Waals surface area contributed by atoms with Gasteiger partial charge in [0.2, 0.25) is 0 Å². The van der Waals surface area contributed by atoms with Gasteiger partial charge >= 0.3 is 0 Å². The van der Waals surface area contributed by atoms with Gasteiger partial charge in [-0.25, -0.2) is 9.97 Å². The molecule has 2 heterocycles. The number of rotatable bonds is 4. The van der Waals surface area contributed by atoms with Gasteiger partial charge in [-0.3, -0.25) is 4.79 Å². The van der Waals surface area contributed by atoms with Crippen LogP contribution in [0, 0.1) is 0 Å². The molecule has 1 aliphatic rings. The Morgan fingerprint density at radius 3 is 2.46 bits per heavy atom. The summed E-state index contributed by atoms with van der Waals surface area (Å²) in [5.41, 5.74) is 3.85. The van der Waals surface area contributed by atoms with Crippen molar-refractivity contribution in [2.75, 3.05) is 11.9 Å². The number of benzene rings is 2. The zero-order valence-corrected chi connectivity index (χ0v) is 16.2. The van der Waals surface area contributed by atoms with Crippen LogP contribution in [0.15, 0.2) is 60.7 Å². The Morgan fingerprint density at radius 2 is 1.71 bits per heavy atom. The van der Waals surface area contributed by atoms with Crippen LogP contribution < -0.4 is 5.32 Å². The largest absolute Gasteiger partial charge is 0.368 e. The molecule has 1 aromatic heterocycles. The van der Waals surface area contributed by atoms with Gasteiger partial charge < -0.3 is 10.2 Å². The number of fused-ring (bicyclic) bond motifs is 1. The van der Waals surface area contributed by atoms with E-state index in [9.17, 15) is 4.79 Å². The quantitative estimate of drug-likeness (QED) is 0.747. The van der Waals surface area contributed by atoms with E-state index in [2.05, 4.69) is 33.5 Å². The molecule has 0 aliphatic carbocycles. The molecule has 3 aromatic rings. The molecule has 142 valence electrons. The maximum atomic E-state index is 13.2. The van der Waals surface area contributed by atoms with Gasteiger partial charge in [0.25, 0.3) is 5.91 Å². The molecule has 0 unspecified atom stereocenters. The number of aromatic nitrogens is 2. The van der Waals surface area contributed by atoms with Crippen molar-refractivity contribution < 1.29 is 4.79 Å². The molecular weight excluding hydrogens is 348 g/mol. The van der Waals surface area contributed by atoms with E-state index in [4.69, 9.17) is 0 Å². The summed E-state index contributed by atoms with van der Waals surface area (Å²) >= 11 is 0. The lowest BCUT2D eigenvalue weighted by molar-refractivity contribution is 0.0728. The minimum Gasteiger partial charge on any atom is -0.368 e. The predicted octanol–water partition coefficient (Wildman–Crippen LogP) is 4.16. The number of nitrogens with one attached hydrogen (secondary N) is 1. The van der Waals surface area contributed by atoms with Crippen LogP contribution in [0.1, 0.15) is 35.5 Å². The van der Waals surface area contributed by atoms with E-state index in [1.807, 2.05) is 55.1 Å². The van der Waals surface area contributed by atoms with E-state index in [0.717, 1.165) is 12.0 Å². The predicted molar refractivity (Wildman–Crippen MR) is 111 cm³/mol. The Hall–Kier alpha value is -3.21. The van der Waals surface area contributed by atoms with E-state index in [0.29, 0.717) is 30.4 Å². The summed E-state index contributed by atoms with van der Waals surface area (Å²) in [6, 6.07) is 20.0. The molecule has 1 amide bonds. The van der Waals surface area contributed by atoms with Crippen LogP contribution in [0.25, 0.3) is 11.4 Å². The highest BCUT2D eigenvalue weighted by molar-refractivity contribution is 5.93. The van der Waals surface area contributed by atoms with E-state index in [1.165, 1.54) is 11.1 Å². The normalized spacial score (nSPS) is 13.3. The molecule has 1 aliphatic heterocycles. The maximum absolute atomic E-state index is 13.2. The van der Waals surface area contributed by atoms with Crippen LogP contribution in [-0.4, -0.2) is 33.4 Å². The zero-order chi connectivity index (χ0) is 19.5. The number of carbonyl (C=O) groups is 1. The second-order valence-electron chi connectivity index (χ2n) is 7.37. The number of nitrogens with zero attached hydrogens (tertiary/aromatic N) is 3. The zero-order valence-electron chi connectivity index (χ0n) is 16.2. The fourth-order valence-electron chi connectivity index (χ4n) is 3.47. The summed E-state index contributed by atoms with van der Waals surface area (Å²) in [4.78, 5) is 24.3. The minimum absolute atomic E-state index is 0.0547. The smallest absolute Gasteiger partial charge is 0.272 e. The minimum atomic E-state index is -0.0547. The fraction of sp³-hybridized carbons (Fsp3) is 0.261. The highest BCUT2D eigenvalue weighted by Crippen LogP contribution is 2.23. The van der Waals surface area contributed by atoms with E-state index in [1.54, 1.807) is 6.07 Å². The molecule has 0 radical (unpaired) electrons. The van der Waals surface area contributed by atoms with Gasteiger partial charge in [0.1, 0.15) is 11.5 Å². The van der Waals surface area contributed by atoms with Crippen molar-refractivity contribution >= 4 is 11.7 Å². The molecular formula is C23H24N4O. The highest BCUT2D eigenvalue weighted by Gasteiger charge is 2.23. The number of anilines is 1. The van der Waals surface area contributed by atoms with Gasteiger partial charge in [-0.15, -0.1) is 0 Å². The number of carbonyl (C=O) groups excluding carboxylic acids is 1. The van der Waals surface area contributed by atoms with Gasteiger partial charge in [-0.1, -0.05) is 54.6 Å². The Bertz CT molecular complexity index is 985. The molecule has 0 atom stereocenters. The first-order chi connectivity index (χ1) is 13.6. The van der Waals surface area contributed by atoms with E-state index >= 15 is 0 Å². The lowest BCUT2D eigenvalue weighted by atomic mass is 10.00. The highest BCUT2D eigenvalue weighted by atomic mass is 16.2. The van der Waals surface area contributed by atoms with Gasteiger partial charge in [0.15, 0.2) is 5.82 Å². The van der Waals surface area contributed by atoms with E-state index < -0.39 is 0 Å². The maximum Gasteiger partial charge on any atom is 0.272 e. The molecule has 0 bridgehead atoms. The molecule has 0 spiro atoms. The molecule has 5 nitrogen and oxygen atoms in total. The molecule has 1 N–H and O–H groups in total. The van der Waals surface area contributed by atoms with Crippen LogP contribution in [-0.2, 0) is 13.0 Å². The SMILES string of the molecule is CC(C)Nc1cc(C(=O)N2CCc3ccccc3C2)nc(-c2ccccc2)n1.